The van der Waals surface area contributed by atoms with Crippen LogP contribution in [0.15, 0.2) is 41.4 Å². The number of halogens is 3. The van der Waals surface area contributed by atoms with Gasteiger partial charge in [0.05, 0.1) is 16.5 Å². The molecular formula is C18H14F3N3OS. The van der Waals surface area contributed by atoms with E-state index in [1.165, 1.54) is 11.8 Å². The van der Waals surface area contributed by atoms with Crippen LogP contribution in [0, 0.1) is 24.4 Å². The smallest absolute Gasteiger partial charge is 0.237 e. The summed E-state index contributed by atoms with van der Waals surface area (Å²) >= 11 is 1.17. The summed E-state index contributed by atoms with van der Waals surface area (Å²) in [5.74, 6) is -4.36. The first-order chi connectivity index (χ1) is 12.4. The van der Waals surface area contributed by atoms with Crippen molar-refractivity contribution in [2.75, 3.05) is 5.32 Å². The lowest BCUT2D eigenvalue weighted by molar-refractivity contribution is -0.115. The highest BCUT2D eigenvalue weighted by Crippen LogP contribution is 2.29. The van der Waals surface area contributed by atoms with E-state index in [1.54, 1.807) is 13.8 Å². The standard InChI is InChI=1S/C18H14F3N3OS/c1-9(17(25)24-14-8-7-12(19)15(20)16(14)21)26-18-11-5-3-4-6-13(11)22-10(2)23-18/h3-9H,1-2H3,(H,24,25). The second-order valence-electron chi connectivity index (χ2n) is 5.57. The molecule has 3 rings (SSSR count). The number of hydrogen-bond acceptors (Lipinski definition) is 4. The minimum absolute atomic E-state index is 0.412. The third-order valence-corrected chi connectivity index (χ3v) is 4.73. The molecule has 3 aromatic rings. The number of anilines is 1. The fraction of sp³-hybridized carbons (Fsp3) is 0.167. The highest BCUT2D eigenvalue weighted by molar-refractivity contribution is 8.00. The number of para-hydroxylation sites is 1. The lowest BCUT2D eigenvalue weighted by atomic mass is 10.2. The Bertz CT molecular complexity index is 997. The predicted molar refractivity (Wildman–Crippen MR) is 94.5 cm³/mol. The number of nitrogens with one attached hydrogen (secondary N) is 1. The Hall–Kier alpha value is -2.61. The van der Waals surface area contributed by atoms with Crippen LogP contribution in [-0.2, 0) is 4.79 Å². The van der Waals surface area contributed by atoms with Crippen molar-refractivity contribution in [2.45, 2.75) is 24.1 Å². The third kappa shape index (κ3) is 3.65. The van der Waals surface area contributed by atoms with Crippen LogP contribution in [0.5, 0.6) is 0 Å². The fourth-order valence-corrected chi connectivity index (χ4v) is 3.31. The zero-order valence-corrected chi connectivity index (χ0v) is 14.7. The van der Waals surface area contributed by atoms with E-state index in [4.69, 9.17) is 0 Å². The van der Waals surface area contributed by atoms with Gasteiger partial charge in [-0.1, -0.05) is 30.0 Å². The maximum Gasteiger partial charge on any atom is 0.237 e. The third-order valence-electron chi connectivity index (χ3n) is 3.63. The SMILES string of the molecule is Cc1nc(SC(C)C(=O)Nc2ccc(F)c(F)c2F)c2ccccc2n1. The lowest BCUT2D eigenvalue weighted by Gasteiger charge is -2.14. The summed E-state index contributed by atoms with van der Waals surface area (Å²) in [6.07, 6.45) is 0. The van der Waals surface area contributed by atoms with Crippen molar-refractivity contribution in [3.8, 4) is 0 Å². The molecule has 0 saturated carbocycles. The van der Waals surface area contributed by atoms with Crippen LogP contribution in [0.3, 0.4) is 0 Å². The van der Waals surface area contributed by atoms with Gasteiger partial charge in [0.15, 0.2) is 17.5 Å². The topological polar surface area (TPSA) is 54.9 Å². The van der Waals surface area contributed by atoms with Gasteiger partial charge in [-0.15, -0.1) is 0 Å². The van der Waals surface area contributed by atoms with E-state index in [-0.39, 0.29) is 0 Å². The van der Waals surface area contributed by atoms with Crippen molar-refractivity contribution in [1.82, 2.24) is 9.97 Å². The van der Waals surface area contributed by atoms with E-state index >= 15 is 0 Å². The molecule has 26 heavy (non-hydrogen) atoms. The van der Waals surface area contributed by atoms with Crippen LogP contribution >= 0.6 is 11.8 Å². The molecule has 2 aromatic carbocycles. The molecule has 0 fully saturated rings. The molecule has 0 aliphatic rings. The molecule has 0 spiro atoms. The molecule has 1 amide bonds. The number of benzene rings is 2. The van der Waals surface area contributed by atoms with Crippen LogP contribution in [0.2, 0.25) is 0 Å². The van der Waals surface area contributed by atoms with Crippen LogP contribution < -0.4 is 5.32 Å². The Labute approximate surface area is 151 Å². The van der Waals surface area contributed by atoms with Gasteiger partial charge in [0, 0.05) is 5.39 Å². The van der Waals surface area contributed by atoms with Gasteiger partial charge in [0.25, 0.3) is 0 Å². The van der Waals surface area contributed by atoms with Gasteiger partial charge < -0.3 is 5.32 Å². The Morgan fingerprint density at radius 3 is 2.58 bits per heavy atom. The average molecular weight is 377 g/mol. The van der Waals surface area contributed by atoms with Crippen molar-refractivity contribution >= 4 is 34.3 Å². The number of amides is 1. The second kappa shape index (κ2) is 7.33. The van der Waals surface area contributed by atoms with Crippen molar-refractivity contribution in [3.63, 3.8) is 0 Å². The van der Waals surface area contributed by atoms with Crippen molar-refractivity contribution in [1.29, 1.82) is 0 Å². The quantitative estimate of drug-likeness (QED) is 0.414. The number of carbonyl (C=O) groups is 1. The highest BCUT2D eigenvalue weighted by atomic mass is 32.2. The molecule has 1 N–H and O–H groups in total. The summed E-state index contributed by atoms with van der Waals surface area (Å²) in [7, 11) is 0. The number of aryl methyl sites for hydroxylation is 1. The molecule has 1 atom stereocenters. The zero-order chi connectivity index (χ0) is 18.8. The average Bonchev–Trinajstić information content (AvgIpc) is 2.62. The zero-order valence-electron chi connectivity index (χ0n) is 13.9. The van der Waals surface area contributed by atoms with Gasteiger partial charge in [-0.25, -0.2) is 23.1 Å². The van der Waals surface area contributed by atoms with E-state index in [2.05, 4.69) is 15.3 Å². The second-order valence-corrected chi connectivity index (χ2v) is 6.89. The van der Waals surface area contributed by atoms with Crippen molar-refractivity contribution < 1.29 is 18.0 Å². The Morgan fingerprint density at radius 2 is 1.81 bits per heavy atom. The van der Waals surface area contributed by atoms with Gasteiger partial charge in [-0.3, -0.25) is 4.79 Å². The minimum Gasteiger partial charge on any atom is -0.323 e. The summed E-state index contributed by atoms with van der Waals surface area (Å²) in [6, 6.07) is 9.12. The van der Waals surface area contributed by atoms with E-state index in [9.17, 15) is 18.0 Å². The predicted octanol–water partition coefficient (Wildman–Crippen LogP) is 4.47. The first-order valence-corrected chi connectivity index (χ1v) is 8.59. The normalized spacial score (nSPS) is 12.2. The molecule has 134 valence electrons. The molecule has 0 aliphatic carbocycles. The van der Waals surface area contributed by atoms with Crippen molar-refractivity contribution in [3.05, 3.63) is 59.7 Å². The highest BCUT2D eigenvalue weighted by Gasteiger charge is 2.20. The molecule has 0 saturated heterocycles. The number of hydrogen-bond donors (Lipinski definition) is 1. The van der Waals surface area contributed by atoms with E-state index in [0.717, 1.165) is 23.0 Å². The molecule has 0 radical (unpaired) electrons. The van der Waals surface area contributed by atoms with E-state index in [0.29, 0.717) is 10.9 Å². The summed E-state index contributed by atoms with van der Waals surface area (Å²) in [4.78, 5) is 21.0. The maximum atomic E-state index is 13.7. The first kappa shape index (κ1) is 18.2. The van der Waals surface area contributed by atoms with Crippen LogP contribution in [-0.4, -0.2) is 21.1 Å². The van der Waals surface area contributed by atoms with Gasteiger partial charge >= 0.3 is 0 Å². The number of carbonyl (C=O) groups excluding carboxylic acids is 1. The minimum atomic E-state index is -1.62. The molecule has 1 aromatic heterocycles. The first-order valence-electron chi connectivity index (χ1n) is 7.71. The van der Waals surface area contributed by atoms with Gasteiger partial charge in [-0.05, 0) is 32.0 Å². The van der Waals surface area contributed by atoms with E-state index in [1.807, 2.05) is 24.3 Å². The van der Waals surface area contributed by atoms with Crippen LogP contribution in [0.4, 0.5) is 18.9 Å². The Balaban J connectivity index is 1.81. The van der Waals surface area contributed by atoms with Gasteiger partial charge in [-0.2, -0.15) is 0 Å². The molecule has 4 nitrogen and oxygen atoms in total. The molecule has 8 heteroatoms. The number of thioether (sulfide) groups is 1. The number of nitrogens with zero attached hydrogens (tertiary/aromatic N) is 2. The summed E-state index contributed by atoms with van der Waals surface area (Å²) in [6.45, 7) is 3.36. The van der Waals surface area contributed by atoms with Gasteiger partial charge in [0.1, 0.15) is 10.9 Å². The molecule has 1 heterocycles. The lowest BCUT2D eigenvalue weighted by Crippen LogP contribution is -2.23. The summed E-state index contributed by atoms with van der Waals surface area (Å²) in [5.41, 5.74) is 0.340. The molecular weight excluding hydrogens is 363 g/mol. The number of aromatic nitrogens is 2. The number of fused-ring (bicyclic) bond motifs is 1. The van der Waals surface area contributed by atoms with Crippen LogP contribution in [0.25, 0.3) is 10.9 Å². The maximum absolute atomic E-state index is 13.7. The Kier molecular flexibility index (Phi) is 5.13. The summed E-state index contributed by atoms with van der Waals surface area (Å²) in [5, 5.41) is 3.03. The number of rotatable bonds is 4. The van der Waals surface area contributed by atoms with Crippen molar-refractivity contribution in [2.24, 2.45) is 0 Å². The summed E-state index contributed by atoms with van der Waals surface area (Å²) < 4.78 is 40.0. The largest absolute Gasteiger partial charge is 0.323 e. The monoisotopic (exact) mass is 377 g/mol. The van der Waals surface area contributed by atoms with Gasteiger partial charge in [0.2, 0.25) is 5.91 Å². The van der Waals surface area contributed by atoms with E-state index < -0.39 is 34.3 Å². The molecule has 0 bridgehead atoms. The fourth-order valence-electron chi connectivity index (χ4n) is 2.33. The Morgan fingerprint density at radius 1 is 1.08 bits per heavy atom. The van der Waals surface area contributed by atoms with Crippen LogP contribution in [0.1, 0.15) is 12.7 Å². The molecule has 0 aliphatic heterocycles. The molecule has 1 unspecified atom stereocenters.